The summed E-state index contributed by atoms with van der Waals surface area (Å²) in [5.74, 6) is -0.155. The summed E-state index contributed by atoms with van der Waals surface area (Å²) >= 11 is 0. The summed E-state index contributed by atoms with van der Waals surface area (Å²) in [7, 11) is 0. The summed E-state index contributed by atoms with van der Waals surface area (Å²) in [6.45, 7) is 11.8. The Kier molecular flexibility index (Phi) is 13.3. The molecule has 1 unspecified atom stereocenters. The smallest absolute Gasteiger partial charge is 0.512 e. The molecule has 0 aromatic heterocycles. The molecule has 1 atom stereocenters. The number of esters is 1. The molecule has 1 aliphatic rings. The first kappa shape index (κ1) is 24.1. The van der Waals surface area contributed by atoms with Crippen molar-refractivity contribution >= 4 is 11.8 Å². The van der Waals surface area contributed by atoms with Crippen molar-refractivity contribution in [2.24, 2.45) is 0 Å². The van der Waals surface area contributed by atoms with Crippen LogP contribution < -0.4 is 5.32 Å². The molecule has 1 N–H and O–H groups in total. The molecule has 6 nitrogen and oxygen atoms in total. The van der Waals surface area contributed by atoms with Crippen LogP contribution in [-0.4, -0.2) is 24.9 Å². The Morgan fingerprint density at radius 1 is 1.25 bits per heavy atom. The van der Waals surface area contributed by atoms with Crippen LogP contribution in [0.15, 0.2) is 30.3 Å². The van der Waals surface area contributed by atoms with Crippen molar-refractivity contribution in [1.82, 2.24) is 5.32 Å². The van der Waals surface area contributed by atoms with Crippen LogP contribution in [0.2, 0.25) is 0 Å². The fraction of sp³-hybridized carbons (Fsp3) is 0.412. The zero-order valence-electron chi connectivity index (χ0n) is 13.3. The third-order valence-electron chi connectivity index (χ3n) is 3.49. The quantitative estimate of drug-likeness (QED) is 0.491. The number of hydrogen-bond acceptors (Lipinski definition) is 6. The van der Waals surface area contributed by atoms with Crippen molar-refractivity contribution in [3.05, 3.63) is 49.0 Å². The maximum absolute atomic E-state index is 12.4. The second kappa shape index (κ2) is 13.3. The van der Waals surface area contributed by atoms with Crippen molar-refractivity contribution < 1.29 is 31.4 Å². The van der Waals surface area contributed by atoms with E-state index in [1.54, 1.807) is 6.92 Å². The van der Waals surface area contributed by atoms with Gasteiger partial charge in [0.15, 0.2) is 0 Å². The van der Waals surface area contributed by atoms with E-state index < -0.39 is 5.54 Å². The van der Waals surface area contributed by atoms with Crippen molar-refractivity contribution in [1.29, 1.82) is 10.5 Å². The van der Waals surface area contributed by atoms with Crippen molar-refractivity contribution in [2.45, 2.75) is 31.7 Å². The van der Waals surface area contributed by atoms with Gasteiger partial charge >= 0.3 is 23.0 Å². The Morgan fingerprint density at radius 3 is 2.38 bits per heavy atom. The van der Waals surface area contributed by atoms with E-state index in [2.05, 4.69) is 5.32 Å². The molecule has 0 aliphatic carbocycles. The average molecular weight is 377 g/mol. The molecule has 1 aromatic carbocycles. The first-order valence-electron chi connectivity index (χ1n) is 7.13. The molecule has 131 valence electrons. The van der Waals surface area contributed by atoms with Gasteiger partial charge in [-0.25, -0.2) is 4.79 Å². The number of carbonyl (C=O) groups is 2. The Morgan fingerprint density at radius 2 is 1.83 bits per heavy atom. The maximum atomic E-state index is 12.4. The third kappa shape index (κ3) is 6.14. The number of rotatable bonds is 3. The maximum Gasteiger partial charge on any atom is 2.00 e. The zero-order valence-corrected chi connectivity index (χ0v) is 14.3. The summed E-state index contributed by atoms with van der Waals surface area (Å²) in [5.41, 5.74) is -0.0215. The standard InChI is InChI=1S/C15H19NO3.2CN.Cu/c1-2-19-14(18)15(12-7-4-3-5-8-12)10-6-9-13(17)11-16-15;2*1-2;/h3-5,7-8,16H,2,6,9-11H2,1H3;;;/q;2*-1;+2. The van der Waals surface area contributed by atoms with E-state index in [1.807, 2.05) is 30.3 Å². The number of benzene rings is 1. The van der Waals surface area contributed by atoms with Crippen LogP contribution in [0, 0.1) is 23.7 Å². The molecule has 1 radical (unpaired) electrons. The SMILES string of the molecule is CCOC(=O)C1(c2ccccc2)CCCC(=O)CN1.[C-]#N.[C-]#N.[Cu+2]. The molecule has 0 bridgehead atoms. The second-order valence-electron chi connectivity index (χ2n) is 4.74. The molecule has 0 amide bonds. The first-order chi connectivity index (χ1) is 11.2. The number of ketones is 1. The molecule has 1 aromatic rings. The van der Waals surface area contributed by atoms with Crippen LogP contribution in [0.1, 0.15) is 31.7 Å². The molecule has 24 heavy (non-hydrogen) atoms. The van der Waals surface area contributed by atoms with Crippen LogP contribution in [0.5, 0.6) is 0 Å². The fourth-order valence-electron chi connectivity index (χ4n) is 2.49. The van der Waals surface area contributed by atoms with Crippen LogP contribution in [0.25, 0.3) is 0 Å². The van der Waals surface area contributed by atoms with E-state index in [0.717, 1.165) is 5.56 Å². The van der Waals surface area contributed by atoms with E-state index in [1.165, 1.54) is 0 Å². The van der Waals surface area contributed by atoms with Crippen LogP contribution in [-0.2, 0) is 36.9 Å². The normalized spacial score (nSPS) is 19.0. The van der Waals surface area contributed by atoms with Gasteiger partial charge in [0.1, 0.15) is 11.3 Å². The largest absolute Gasteiger partial charge is 2.00 e. The van der Waals surface area contributed by atoms with Gasteiger partial charge in [0.05, 0.1) is 13.2 Å². The van der Waals surface area contributed by atoms with E-state index in [4.69, 9.17) is 28.4 Å². The van der Waals surface area contributed by atoms with E-state index in [9.17, 15) is 9.59 Å². The number of nitrogens with zero attached hydrogens (tertiary/aromatic N) is 2. The van der Waals surface area contributed by atoms with Gasteiger partial charge in [-0.05, 0) is 25.3 Å². The Bertz CT molecular complexity index is 540. The molecule has 1 fully saturated rings. The third-order valence-corrected chi connectivity index (χ3v) is 3.49. The Labute approximate surface area is 153 Å². The van der Waals surface area contributed by atoms with Crippen LogP contribution in [0.3, 0.4) is 0 Å². The Balaban J connectivity index is 0. The number of hydrogen-bond donors (Lipinski definition) is 1. The van der Waals surface area contributed by atoms with Gasteiger partial charge < -0.3 is 28.4 Å². The molecule has 1 heterocycles. The van der Waals surface area contributed by atoms with Gasteiger partial charge in [-0.2, -0.15) is 0 Å². The summed E-state index contributed by atoms with van der Waals surface area (Å²) in [6, 6.07) is 9.50. The van der Waals surface area contributed by atoms with Crippen molar-refractivity contribution in [2.75, 3.05) is 13.2 Å². The number of Topliss-reactive ketones (excluding diaryl/α,β-unsaturated/α-hetero) is 1. The number of nitrogens with one attached hydrogen (secondary N) is 1. The summed E-state index contributed by atoms with van der Waals surface area (Å²) in [4.78, 5) is 24.0. The molecular weight excluding hydrogens is 358 g/mol. The zero-order chi connectivity index (χ0) is 17.7. The van der Waals surface area contributed by atoms with Crippen molar-refractivity contribution in [3.63, 3.8) is 0 Å². The molecular formula is C17H19CuN3O3. The average Bonchev–Trinajstić information content (AvgIpc) is 2.82. The minimum absolute atomic E-state index is 0. The minimum Gasteiger partial charge on any atom is -0.512 e. The van der Waals surface area contributed by atoms with Gasteiger partial charge in [-0.15, -0.1) is 0 Å². The topological polar surface area (TPSA) is 103 Å². The molecule has 0 saturated carbocycles. The predicted molar refractivity (Wildman–Crippen MR) is 81.5 cm³/mol. The fourth-order valence-corrected chi connectivity index (χ4v) is 2.49. The van der Waals surface area contributed by atoms with E-state index in [-0.39, 0.29) is 35.4 Å². The molecule has 1 saturated heterocycles. The van der Waals surface area contributed by atoms with Crippen LogP contribution in [0.4, 0.5) is 0 Å². The number of ether oxygens (including phenoxy) is 1. The van der Waals surface area contributed by atoms with Gasteiger partial charge in [-0.1, -0.05) is 30.3 Å². The molecule has 0 spiro atoms. The van der Waals surface area contributed by atoms with Gasteiger partial charge in [0.25, 0.3) is 0 Å². The van der Waals surface area contributed by atoms with E-state index >= 15 is 0 Å². The summed E-state index contributed by atoms with van der Waals surface area (Å²) < 4.78 is 5.22. The molecule has 2 rings (SSSR count). The number of carbonyl (C=O) groups excluding carboxylic acids is 2. The monoisotopic (exact) mass is 376 g/mol. The second-order valence-corrected chi connectivity index (χ2v) is 4.74. The van der Waals surface area contributed by atoms with Crippen LogP contribution >= 0.6 is 0 Å². The van der Waals surface area contributed by atoms with Gasteiger partial charge in [0.2, 0.25) is 0 Å². The summed E-state index contributed by atoms with van der Waals surface area (Å²) in [6.07, 6.45) is 1.79. The predicted octanol–water partition coefficient (Wildman–Crippen LogP) is 1.98. The Hall–Kier alpha value is -2.18. The van der Waals surface area contributed by atoms with E-state index in [0.29, 0.717) is 25.9 Å². The molecule has 1 aliphatic heterocycles. The van der Waals surface area contributed by atoms with Crippen molar-refractivity contribution in [3.8, 4) is 0 Å². The van der Waals surface area contributed by atoms with Gasteiger partial charge in [-0.3, -0.25) is 10.1 Å². The minimum atomic E-state index is -0.885. The molecule has 7 heteroatoms. The summed E-state index contributed by atoms with van der Waals surface area (Å²) in [5, 5.41) is 15.6. The van der Waals surface area contributed by atoms with Gasteiger partial charge in [0, 0.05) is 6.42 Å². The first-order valence-corrected chi connectivity index (χ1v) is 7.13.